The van der Waals surface area contributed by atoms with Crippen LogP contribution >= 0.6 is 0 Å². The highest BCUT2D eigenvalue weighted by atomic mass is 16.1. The van der Waals surface area contributed by atoms with Gasteiger partial charge in [-0.2, -0.15) is 5.10 Å². The second kappa shape index (κ2) is 5.94. The molecule has 2 rings (SSSR count). The van der Waals surface area contributed by atoms with E-state index in [1.165, 1.54) is 6.33 Å². The number of H-pyrrole nitrogens is 1. The van der Waals surface area contributed by atoms with Crippen LogP contribution in [0.15, 0.2) is 18.5 Å². The first-order chi connectivity index (χ1) is 9.19. The van der Waals surface area contributed by atoms with Gasteiger partial charge in [-0.25, -0.2) is 9.97 Å². The molecule has 2 aromatic rings. The zero-order valence-electron chi connectivity index (χ0n) is 10.7. The molecule has 0 fully saturated rings. The van der Waals surface area contributed by atoms with E-state index in [4.69, 9.17) is 5.73 Å². The molecule has 0 aromatic carbocycles. The molecule has 0 unspecified atom stereocenters. The summed E-state index contributed by atoms with van der Waals surface area (Å²) in [5.41, 5.74) is 7.00. The smallest absolute Gasteiger partial charge is 0.251 e. The van der Waals surface area contributed by atoms with E-state index in [2.05, 4.69) is 25.5 Å². The highest BCUT2D eigenvalue weighted by Gasteiger charge is 2.08. The normalized spacial score (nSPS) is 10.4. The average molecular weight is 260 g/mol. The van der Waals surface area contributed by atoms with Crippen LogP contribution < -0.4 is 11.1 Å². The molecule has 0 aliphatic carbocycles. The van der Waals surface area contributed by atoms with Crippen molar-refractivity contribution in [1.82, 2.24) is 25.5 Å². The third-order valence-corrected chi connectivity index (χ3v) is 2.63. The number of aromatic amines is 1. The van der Waals surface area contributed by atoms with E-state index in [1.54, 1.807) is 12.1 Å². The number of rotatable bonds is 5. The van der Waals surface area contributed by atoms with Crippen molar-refractivity contribution in [1.29, 1.82) is 0 Å². The molecule has 0 bridgehead atoms. The fourth-order valence-corrected chi connectivity index (χ4v) is 1.67. The number of nitrogens with zero attached hydrogens (tertiary/aromatic N) is 3. The van der Waals surface area contributed by atoms with Gasteiger partial charge in [0, 0.05) is 24.2 Å². The van der Waals surface area contributed by atoms with Gasteiger partial charge in [0.2, 0.25) is 0 Å². The molecule has 0 saturated heterocycles. The Balaban J connectivity index is 1.94. The quantitative estimate of drug-likeness (QED) is 0.717. The minimum absolute atomic E-state index is 0.164. The van der Waals surface area contributed by atoms with Crippen LogP contribution in [0.3, 0.4) is 0 Å². The second-order valence-electron chi connectivity index (χ2n) is 4.06. The Morgan fingerprint density at radius 3 is 3.00 bits per heavy atom. The third kappa shape index (κ3) is 3.51. The number of amides is 1. The fraction of sp³-hybridized carbons (Fsp3) is 0.333. The summed E-state index contributed by atoms with van der Waals surface area (Å²) in [5, 5.41) is 9.28. The van der Waals surface area contributed by atoms with Crippen molar-refractivity contribution < 1.29 is 4.79 Å². The SMILES string of the molecule is CCc1cc(C(=O)NCCc2ncn[nH]2)cc(N)n1. The van der Waals surface area contributed by atoms with Crippen molar-refractivity contribution >= 4 is 11.7 Å². The second-order valence-corrected chi connectivity index (χ2v) is 4.06. The summed E-state index contributed by atoms with van der Waals surface area (Å²) >= 11 is 0. The summed E-state index contributed by atoms with van der Waals surface area (Å²) < 4.78 is 0. The molecule has 0 aliphatic heterocycles. The molecule has 0 aliphatic rings. The topological polar surface area (TPSA) is 110 Å². The van der Waals surface area contributed by atoms with Gasteiger partial charge < -0.3 is 11.1 Å². The Bertz CT molecular complexity index is 551. The maximum absolute atomic E-state index is 12.0. The van der Waals surface area contributed by atoms with Crippen LogP contribution in [-0.4, -0.2) is 32.6 Å². The number of nitrogens with two attached hydrogens (primary N) is 1. The van der Waals surface area contributed by atoms with Crippen molar-refractivity contribution in [3.63, 3.8) is 0 Å². The van der Waals surface area contributed by atoms with Gasteiger partial charge >= 0.3 is 0 Å². The molecule has 0 radical (unpaired) electrons. The molecule has 2 aromatic heterocycles. The molecule has 7 heteroatoms. The number of hydrogen-bond donors (Lipinski definition) is 3. The van der Waals surface area contributed by atoms with Gasteiger partial charge in [0.1, 0.15) is 18.0 Å². The highest BCUT2D eigenvalue weighted by molar-refractivity contribution is 5.94. The Kier molecular flexibility index (Phi) is 4.07. The summed E-state index contributed by atoms with van der Waals surface area (Å²) in [7, 11) is 0. The minimum atomic E-state index is -0.164. The monoisotopic (exact) mass is 260 g/mol. The largest absolute Gasteiger partial charge is 0.384 e. The first-order valence-corrected chi connectivity index (χ1v) is 6.08. The molecule has 4 N–H and O–H groups in total. The number of nitrogen functional groups attached to an aromatic ring is 1. The van der Waals surface area contributed by atoms with Crippen molar-refractivity contribution in [3.8, 4) is 0 Å². The summed E-state index contributed by atoms with van der Waals surface area (Å²) in [6, 6.07) is 3.32. The van der Waals surface area contributed by atoms with Crippen LogP contribution in [-0.2, 0) is 12.8 Å². The number of aryl methyl sites for hydroxylation is 1. The lowest BCUT2D eigenvalue weighted by molar-refractivity contribution is 0.0954. The van der Waals surface area contributed by atoms with Crippen LogP contribution in [0.4, 0.5) is 5.82 Å². The van der Waals surface area contributed by atoms with Gasteiger partial charge in [0.05, 0.1) is 0 Å². The number of hydrogen-bond acceptors (Lipinski definition) is 5. The Morgan fingerprint density at radius 1 is 1.47 bits per heavy atom. The van der Waals surface area contributed by atoms with E-state index >= 15 is 0 Å². The zero-order valence-corrected chi connectivity index (χ0v) is 10.7. The molecular formula is C12H16N6O. The maximum Gasteiger partial charge on any atom is 0.251 e. The lowest BCUT2D eigenvalue weighted by atomic mass is 10.2. The molecular weight excluding hydrogens is 244 g/mol. The van der Waals surface area contributed by atoms with E-state index < -0.39 is 0 Å². The van der Waals surface area contributed by atoms with E-state index in [-0.39, 0.29) is 5.91 Å². The lowest BCUT2D eigenvalue weighted by Crippen LogP contribution is -2.26. The standard InChI is InChI=1S/C12H16N6O/c1-2-9-5-8(6-10(13)17-9)12(19)14-4-3-11-15-7-16-18-11/h5-7H,2-4H2,1H3,(H2,13,17)(H,14,19)(H,15,16,18). The van der Waals surface area contributed by atoms with Crippen molar-refractivity contribution in [2.24, 2.45) is 0 Å². The number of carbonyl (C=O) groups excluding carboxylic acids is 1. The molecule has 19 heavy (non-hydrogen) atoms. The first kappa shape index (κ1) is 13.0. The van der Waals surface area contributed by atoms with Gasteiger partial charge in [-0.15, -0.1) is 0 Å². The predicted molar refractivity (Wildman–Crippen MR) is 70.4 cm³/mol. The van der Waals surface area contributed by atoms with E-state index in [1.807, 2.05) is 6.92 Å². The van der Waals surface area contributed by atoms with Crippen LogP contribution in [0.1, 0.15) is 28.8 Å². The molecule has 2 heterocycles. The van der Waals surface area contributed by atoms with Crippen molar-refractivity contribution in [3.05, 3.63) is 35.5 Å². The number of pyridine rings is 1. The summed E-state index contributed by atoms with van der Waals surface area (Å²) in [6.07, 6.45) is 2.78. The molecule has 0 atom stereocenters. The zero-order chi connectivity index (χ0) is 13.7. The number of anilines is 1. The van der Waals surface area contributed by atoms with Crippen molar-refractivity contribution in [2.75, 3.05) is 12.3 Å². The number of aromatic nitrogens is 4. The van der Waals surface area contributed by atoms with E-state index in [0.717, 1.165) is 17.9 Å². The summed E-state index contributed by atoms with van der Waals surface area (Å²) in [5.74, 6) is 0.937. The predicted octanol–water partition coefficient (Wildman–Crippen LogP) is 0.317. The average Bonchev–Trinajstić information content (AvgIpc) is 2.91. The van der Waals surface area contributed by atoms with Crippen LogP contribution in [0.25, 0.3) is 0 Å². The molecule has 0 spiro atoms. The number of carbonyl (C=O) groups is 1. The first-order valence-electron chi connectivity index (χ1n) is 6.08. The van der Waals surface area contributed by atoms with Gasteiger partial charge in [-0.3, -0.25) is 9.89 Å². The minimum Gasteiger partial charge on any atom is -0.384 e. The third-order valence-electron chi connectivity index (χ3n) is 2.63. The van der Waals surface area contributed by atoms with Gasteiger partial charge in [0.25, 0.3) is 5.91 Å². The number of nitrogens with one attached hydrogen (secondary N) is 2. The molecule has 0 saturated carbocycles. The lowest BCUT2D eigenvalue weighted by Gasteiger charge is -2.06. The van der Waals surface area contributed by atoms with E-state index in [0.29, 0.717) is 24.3 Å². The maximum atomic E-state index is 12.0. The molecule has 7 nitrogen and oxygen atoms in total. The van der Waals surface area contributed by atoms with Crippen LogP contribution in [0.2, 0.25) is 0 Å². The Labute approximate surface area is 110 Å². The van der Waals surface area contributed by atoms with Gasteiger partial charge in [-0.1, -0.05) is 6.92 Å². The Morgan fingerprint density at radius 2 is 2.32 bits per heavy atom. The van der Waals surface area contributed by atoms with E-state index in [9.17, 15) is 4.79 Å². The highest BCUT2D eigenvalue weighted by Crippen LogP contribution is 2.08. The fourth-order valence-electron chi connectivity index (χ4n) is 1.67. The Hall–Kier alpha value is -2.44. The molecule has 1 amide bonds. The van der Waals surface area contributed by atoms with Crippen molar-refractivity contribution in [2.45, 2.75) is 19.8 Å². The van der Waals surface area contributed by atoms with Gasteiger partial charge in [-0.05, 0) is 18.6 Å². The summed E-state index contributed by atoms with van der Waals surface area (Å²) in [4.78, 5) is 20.1. The summed E-state index contributed by atoms with van der Waals surface area (Å²) in [6.45, 7) is 2.45. The van der Waals surface area contributed by atoms with Crippen LogP contribution in [0, 0.1) is 0 Å². The van der Waals surface area contributed by atoms with Gasteiger partial charge in [0.15, 0.2) is 0 Å². The molecule has 100 valence electrons. The van der Waals surface area contributed by atoms with Crippen LogP contribution in [0.5, 0.6) is 0 Å².